The highest BCUT2D eigenvalue weighted by Gasteiger charge is 2.20. The minimum absolute atomic E-state index is 0.00284. The molecule has 0 aliphatic carbocycles. The number of nitrogens with zero attached hydrogens (tertiary/aromatic N) is 3. The number of nitrogens with one attached hydrogen (secondary N) is 1. The Morgan fingerprint density at radius 3 is 2.45 bits per heavy atom. The maximum absolute atomic E-state index is 13.4. The predicted octanol–water partition coefficient (Wildman–Crippen LogP) is 5.90. The topological polar surface area (TPSA) is 59.8 Å². The van der Waals surface area contributed by atoms with Crippen LogP contribution in [0.1, 0.15) is 27.3 Å². The van der Waals surface area contributed by atoms with E-state index in [1.165, 1.54) is 16.8 Å². The largest absolute Gasteiger partial charge is 0.319 e. The van der Waals surface area contributed by atoms with Gasteiger partial charge in [0, 0.05) is 16.3 Å². The van der Waals surface area contributed by atoms with E-state index in [-0.39, 0.29) is 11.6 Å². The highest BCUT2D eigenvalue weighted by molar-refractivity contribution is 6.31. The monoisotopic (exact) mass is 434 g/mol. The van der Waals surface area contributed by atoms with E-state index in [1.807, 2.05) is 51.1 Å². The minimum atomic E-state index is -0.436. The van der Waals surface area contributed by atoms with Crippen molar-refractivity contribution in [3.05, 3.63) is 94.0 Å². The van der Waals surface area contributed by atoms with Crippen LogP contribution in [0.2, 0.25) is 5.02 Å². The molecule has 0 atom stereocenters. The van der Waals surface area contributed by atoms with Crippen molar-refractivity contribution in [2.45, 2.75) is 20.8 Å². The Bertz CT molecular complexity index is 1280. The molecule has 4 aromatic rings. The Labute approximate surface area is 184 Å². The Kier molecular flexibility index (Phi) is 5.57. The van der Waals surface area contributed by atoms with Crippen LogP contribution in [0.3, 0.4) is 0 Å². The van der Waals surface area contributed by atoms with Gasteiger partial charge in [0.05, 0.1) is 5.69 Å². The molecule has 0 saturated carbocycles. The average Bonchev–Trinajstić information content (AvgIpc) is 3.19. The highest BCUT2D eigenvalue weighted by Crippen LogP contribution is 2.25. The lowest BCUT2D eigenvalue weighted by atomic mass is 10.1. The zero-order valence-corrected chi connectivity index (χ0v) is 18.0. The summed E-state index contributed by atoms with van der Waals surface area (Å²) in [5.74, 6) is -0.391. The number of anilines is 1. The molecule has 156 valence electrons. The number of halogens is 2. The van der Waals surface area contributed by atoms with Crippen molar-refractivity contribution in [3.63, 3.8) is 0 Å². The van der Waals surface area contributed by atoms with Crippen LogP contribution in [0.15, 0.2) is 60.7 Å². The van der Waals surface area contributed by atoms with E-state index in [0.717, 1.165) is 16.7 Å². The second-order valence-corrected chi connectivity index (χ2v) is 7.72. The second kappa shape index (κ2) is 8.32. The summed E-state index contributed by atoms with van der Waals surface area (Å²) in [5, 5.41) is 7.89. The Morgan fingerprint density at radius 1 is 1.00 bits per heavy atom. The van der Waals surface area contributed by atoms with Crippen molar-refractivity contribution in [1.29, 1.82) is 0 Å². The number of aryl methyl sites for hydroxylation is 2. The lowest BCUT2D eigenvalue weighted by molar-refractivity contribution is 0.101. The molecule has 1 aromatic heterocycles. The first kappa shape index (κ1) is 20.8. The fraction of sp³-hybridized carbons (Fsp3) is 0.125. The molecular formula is C24H20ClFN4O. The van der Waals surface area contributed by atoms with E-state index in [1.54, 1.807) is 18.2 Å². The molecule has 4 rings (SSSR count). The quantitative estimate of drug-likeness (QED) is 0.434. The first-order chi connectivity index (χ1) is 14.8. The van der Waals surface area contributed by atoms with Crippen molar-refractivity contribution >= 4 is 23.2 Å². The van der Waals surface area contributed by atoms with Gasteiger partial charge in [0.25, 0.3) is 5.91 Å². The van der Waals surface area contributed by atoms with Gasteiger partial charge in [-0.2, -0.15) is 0 Å². The molecule has 1 N–H and O–H groups in total. The molecule has 1 amide bonds. The standard InChI is InChI=1S/C24H20ClFN4O/c1-14-5-4-6-21(16(14)3)27-24(31)22-28-23(17-8-10-18(26)11-9-17)30(29-22)19-12-7-15(2)20(25)13-19/h4-13H,1-3H3,(H,27,31). The van der Waals surface area contributed by atoms with Gasteiger partial charge in [-0.1, -0.05) is 29.8 Å². The third-order valence-corrected chi connectivity index (χ3v) is 5.57. The summed E-state index contributed by atoms with van der Waals surface area (Å²) in [5.41, 5.74) is 4.92. The van der Waals surface area contributed by atoms with Crippen molar-refractivity contribution in [2.24, 2.45) is 0 Å². The molecule has 1 heterocycles. The number of benzene rings is 3. The van der Waals surface area contributed by atoms with Crippen LogP contribution in [-0.2, 0) is 0 Å². The third kappa shape index (κ3) is 4.20. The van der Waals surface area contributed by atoms with Gasteiger partial charge in [0.15, 0.2) is 5.82 Å². The summed E-state index contributed by atoms with van der Waals surface area (Å²) < 4.78 is 15.0. The summed E-state index contributed by atoms with van der Waals surface area (Å²) >= 11 is 6.30. The Balaban J connectivity index is 1.78. The number of amides is 1. The Hall–Kier alpha value is -3.51. The van der Waals surface area contributed by atoms with Crippen LogP contribution < -0.4 is 5.32 Å². The van der Waals surface area contributed by atoms with Crippen LogP contribution in [0, 0.1) is 26.6 Å². The zero-order valence-electron chi connectivity index (χ0n) is 17.3. The van der Waals surface area contributed by atoms with Crippen LogP contribution in [0.5, 0.6) is 0 Å². The average molecular weight is 435 g/mol. The lowest BCUT2D eigenvalue weighted by Gasteiger charge is -2.08. The van der Waals surface area contributed by atoms with Crippen LogP contribution in [0.25, 0.3) is 17.1 Å². The highest BCUT2D eigenvalue weighted by atomic mass is 35.5. The predicted molar refractivity (Wildman–Crippen MR) is 120 cm³/mol. The Morgan fingerprint density at radius 2 is 1.74 bits per heavy atom. The smallest absolute Gasteiger partial charge is 0.295 e. The van der Waals surface area contributed by atoms with Gasteiger partial charge in [-0.05, 0) is 79.9 Å². The van der Waals surface area contributed by atoms with E-state index in [2.05, 4.69) is 15.4 Å². The van der Waals surface area contributed by atoms with Crippen LogP contribution in [-0.4, -0.2) is 20.7 Å². The maximum atomic E-state index is 13.4. The molecule has 0 saturated heterocycles. The van der Waals surface area contributed by atoms with Gasteiger partial charge in [0.1, 0.15) is 5.82 Å². The first-order valence-corrected chi connectivity index (χ1v) is 10.1. The molecule has 5 nitrogen and oxygen atoms in total. The molecule has 0 spiro atoms. The molecule has 7 heteroatoms. The maximum Gasteiger partial charge on any atom is 0.295 e. The van der Waals surface area contributed by atoms with Gasteiger partial charge in [-0.25, -0.2) is 14.1 Å². The van der Waals surface area contributed by atoms with Gasteiger partial charge in [-0.15, -0.1) is 5.10 Å². The SMILES string of the molecule is Cc1ccc(-n2nc(C(=O)Nc3cccc(C)c3C)nc2-c2ccc(F)cc2)cc1Cl. The molecule has 0 bridgehead atoms. The van der Waals surface area contributed by atoms with Crippen LogP contribution >= 0.6 is 11.6 Å². The van der Waals surface area contributed by atoms with E-state index >= 15 is 0 Å². The summed E-state index contributed by atoms with van der Waals surface area (Å²) in [6.45, 7) is 5.82. The summed E-state index contributed by atoms with van der Waals surface area (Å²) in [7, 11) is 0. The van der Waals surface area contributed by atoms with Crippen molar-refractivity contribution in [2.75, 3.05) is 5.32 Å². The first-order valence-electron chi connectivity index (χ1n) is 9.70. The van der Waals surface area contributed by atoms with Gasteiger partial charge >= 0.3 is 0 Å². The second-order valence-electron chi connectivity index (χ2n) is 7.31. The molecule has 0 aliphatic rings. The molecule has 0 unspecified atom stereocenters. The van der Waals surface area contributed by atoms with E-state index < -0.39 is 5.91 Å². The van der Waals surface area contributed by atoms with Gasteiger partial charge in [-0.3, -0.25) is 4.79 Å². The number of aromatic nitrogens is 3. The van der Waals surface area contributed by atoms with Crippen LogP contribution in [0.4, 0.5) is 10.1 Å². The lowest BCUT2D eigenvalue weighted by Crippen LogP contribution is -2.15. The van der Waals surface area contributed by atoms with Crippen molar-refractivity contribution in [3.8, 4) is 17.1 Å². The summed E-state index contributed by atoms with van der Waals surface area (Å²) in [6.07, 6.45) is 0. The fourth-order valence-corrected chi connectivity index (χ4v) is 3.33. The van der Waals surface area contributed by atoms with Gasteiger partial charge in [0.2, 0.25) is 5.82 Å². The molecular weight excluding hydrogens is 415 g/mol. The fourth-order valence-electron chi connectivity index (χ4n) is 3.15. The number of rotatable bonds is 4. The minimum Gasteiger partial charge on any atom is -0.319 e. The number of carbonyl (C=O) groups excluding carboxylic acids is 1. The third-order valence-electron chi connectivity index (χ3n) is 5.17. The summed E-state index contributed by atoms with van der Waals surface area (Å²) in [6, 6.07) is 17.0. The molecule has 3 aromatic carbocycles. The number of hydrogen-bond acceptors (Lipinski definition) is 3. The van der Waals surface area contributed by atoms with E-state index in [9.17, 15) is 9.18 Å². The zero-order chi connectivity index (χ0) is 22.1. The number of carbonyl (C=O) groups is 1. The normalized spacial score (nSPS) is 10.9. The summed E-state index contributed by atoms with van der Waals surface area (Å²) in [4.78, 5) is 17.4. The molecule has 0 aliphatic heterocycles. The molecule has 0 fully saturated rings. The number of hydrogen-bond donors (Lipinski definition) is 1. The van der Waals surface area contributed by atoms with E-state index in [4.69, 9.17) is 11.6 Å². The van der Waals surface area contributed by atoms with Crippen molar-refractivity contribution < 1.29 is 9.18 Å². The van der Waals surface area contributed by atoms with Crippen molar-refractivity contribution in [1.82, 2.24) is 14.8 Å². The van der Waals surface area contributed by atoms with E-state index in [0.29, 0.717) is 27.8 Å². The molecule has 31 heavy (non-hydrogen) atoms. The molecule has 0 radical (unpaired) electrons. The van der Waals surface area contributed by atoms with Gasteiger partial charge < -0.3 is 5.32 Å².